The zero-order valence-electron chi connectivity index (χ0n) is 53.8. The van der Waals surface area contributed by atoms with E-state index in [1.165, 1.54) is 79.9 Å². The third kappa shape index (κ3) is 13.6. The van der Waals surface area contributed by atoms with E-state index < -0.39 is 12.2 Å². The molecular formula is C78H88Cl3N9O4. The number of hydrogen-bond acceptors (Lipinski definition) is 13. The Hall–Kier alpha value is -6.25. The number of Topliss-reactive ketones (excluding diaryl/α,β-unsaturated/α-hetero) is 1. The highest BCUT2D eigenvalue weighted by atomic mass is 35.5. The van der Waals surface area contributed by atoms with E-state index in [0.717, 1.165) is 114 Å². The number of fused-ring (bicyclic) bond motifs is 10. The molecule has 2 unspecified atom stereocenters. The molecule has 0 aliphatic carbocycles. The van der Waals surface area contributed by atoms with Crippen LogP contribution in [0.5, 0.6) is 0 Å². The van der Waals surface area contributed by atoms with Gasteiger partial charge in [0.2, 0.25) is 0 Å². The molecule has 0 radical (unpaired) electrons. The van der Waals surface area contributed by atoms with E-state index in [-0.39, 0.29) is 33.5 Å². The van der Waals surface area contributed by atoms with Crippen LogP contribution < -0.4 is 5.32 Å². The van der Waals surface area contributed by atoms with Crippen molar-refractivity contribution in [2.24, 2.45) is 0 Å². The number of nitrogens with one attached hydrogen (secondary N) is 1. The van der Waals surface area contributed by atoms with Crippen molar-refractivity contribution < 1.29 is 19.8 Å². The van der Waals surface area contributed by atoms with Gasteiger partial charge in [0.05, 0.1) is 34.9 Å². The quantitative estimate of drug-likeness (QED) is 0.0506. The third-order valence-corrected chi connectivity index (χ3v) is 24.0. The highest BCUT2D eigenvalue weighted by Crippen LogP contribution is 2.54. The van der Waals surface area contributed by atoms with Gasteiger partial charge < -0.3 is 20.3 Å². The van der Waals surface area contributed by atoms with Crippen LogP contribution in [-0.2, 0) is 31.0 Å². The van der Waals surface area contributed by atoms with E-state index in [0.29, 0.717) is 51.2 Å². The third-order valence-electron chi connectivity index (χ3n) is 23.4. The van der Waals surface area contributed by atoms with Gasteiger partial charge in [0, 0.05) is 97.2 Å². The van der Waals surface area contributed by atoms with Gasteiger partial charge in [-0.05, 0) is 175 Å². The number of rotatable bonds is 15. The number of aromatic nitrogens is 3. The second-order valence-electron chi connectivity index (χ2n) is 28.3. The van der Waals surface area contributed by atoms with Gasteiger partial charge >= 0.3 is 0 Å². The number of nitriles is 1. The van der Waals surface area contributed by atoms with Gasteiger partial charge in [-0.1, -0.05) is 168 Å². The Balaban J connectivity index is 0.000000108. The molecule has 10 aliphatic heterocycles. The first-order chi connectivity index (χ1) is 45.8. The maximum Gasteiger partial charge on any atom is 0.184 e. The van der Waals surface area contributed by atoms with Gasteiger partial charge in [-0.3, -0.25) is 24.4 Å². The smallest absolute Gasteiger partial charge is 0.184 e. The molecule has 94 heavy (non-hydrogen) atoms. The Labute approximate surface area is 569 Å². The number of aldehydes is 1. The molecule has 17 rings (SSSR count). The Morgan fingerprint density at radius 1 is 0.489 bits per heavy atom. The standard InChI is InChI=1S/C19H21ClN2O.C19H19ClN2O.C14H16N2.C14H17NO.C12H15ClN2O/c2*20-17-7-6-15(12-21-17)18(23)19-10-8-16(9-11-19)22(19)13-14-4-2-1-3-5-14;15-11-14-8-6-13(7-9-14)16(14)10-12-4-2-1-3-5-12;16-11-14-8-6-13(7-9-14)15(14)10-12-4-2-1-3-5-12;13-10-2-1-8(7-14-10)11(16)12-5-3-9(15-12)4-6-12/h1-7,12,16,18,23H,8-11,13H2;1-7,12,16H,8-11,13H2;1-5,13H,6-10H2;1-5,11,13H,6-10H2;1-2,7,9,11,15-16H,3-6H2. The second-order valence-corrected chi connectivity index (χ2v) is 29.4. The molecule has 490 valence electrons. The topological polar surface area (TPSA) is 162 Å². The fraction of sp³-hybridized carbons (Fsp3) is 0.462. The van der Waals surface area contributed by atoms with Gasteiger partial charge in [-0.2, -0.15) is 5.26 Å². The average Bonchev–Trinajstić information content (AvgIpc) is 1.62. The second kappa shape index (κ2) is 28.8. The summed E-state index contributed by atoms with van der Waals surface area (Å²) >= 11 is 17.5. The molecule has 0 saturated carbocycles. The molecule has 10 fully saturated rings. The van der Waals surface area contributed by atoms with E-state index in [4.69, 9.17) is 34.8 Å². The normalized spacial score (nSPS) is 30.4. The molecule has 16 heteroatoms. The van der Waals surface area contributed by atoms with Gasteiger partial charge in [-0.15, -0.1) is 0 Å². The van der Waals surface area contributed by atoms with Crippen molar-refractivity contribution in [3.05, 3.63) is 231 Å². The lowest BCUT2D eigenvalue weighted by molar-refractivity contribution is -0.116. The molecule has 13 nitrogen and oxygen atoms in total. The van der Waals surface area contributed by atoms with Crippen molar-refractivity contribution in [2.75, 3.05) is 0 Å². The molecule has 2 atom stereocenters. The summed E-state index contributed by atoms with van der Waals surface area (Å²) < 4.78 is 0. The number of benzene rings is 4. The number of halogens is 3. The Kier molecular flexibility index (Phi) is 20.4. The van der Waals surface area contributed by atoms with Crippen LogP contribution in [0.3, 0.4) is 0 Å². The largest absolute Gasteiger partial charge is 0.386 e. The molecule has 13 heterocycles. The fourth-order valence-corrected chi connectivity index (χ4v) is 18.6. The van der Waals surface area contributed by atoms with E-state index in [1.807, 2.05) is 36.4 Å². The monoisotopic (exact) mass is 1320 g/mol. The van der Waals surface area contributed by atoms with Crippen molar-refractivity contribution in [1.29, 1.82) is 5.26 Å². The summed E-state index contributed by atoms with van der Waals surface area (Å²) in [6, 6.07) is 58.3. The molecule has 0 spiro atoms. The number of hydrogen-bond donors (Lipinski definition) is 3. The van der Waals surface area contributed by atoms with Crippen LogP contribution in [0.4, 0.5) is 0 Å². The molecule has 10 saturated heterocycles. The van der Waals surface area contributed by atoms with Crippen LogP contribution >= 0.6 is 34.8 Å². The van der Waals surface area contributed by atoms with Crippen molar-refractivity contribution in [3.63, 3.8) is 0 Å². The first kappa shape index (κ1) is 66.4. The van der Waals surface area contributed by atoms with Gasteiger partial charge in [-0.25, -0.2) is 15.0 Å². The molecule has 0 amide bonds. The molecule has 4 aromatic carbocycles. The summed E-state index contributed by atoms with van der Waals surface area (Å²) in [4.78, 5) is 46.6. The summed E-state index contributed by atoms with van der Waals surface area (Å²) in [7, 11) is 0. The number of nitrogens with zero attached hydrogens (tertiary/aromatic N) is 8. The van der Waals surface area contributed by atoms with Crippen LogP contribution in [0.1, 0.15) is 184 Å². The van der Waals surface area contributed by atoms with E-state index in [9.17, 15) is 25.1 Å². The summed E-state index contributed by atoms with van der Waals surface area (Å²) in [5.41, 5.74) is 6.76. The Morgan fingerprint density at radius 2 is 0.894 bits per heavy atom. The number of carbonyl (C=O) groups excluding carboxylic acids is 2. The van der Waals surface area contributed by atoms with Crippen molar-refractivity contribution in [2.45, 2.75) is 225 Å². The molecule has 10 bridgehead atoms. The zero-order chi connectivity index (χ0) is 64.9. The lowest BCUT2D eigenvalue weighted by Gasteiger charge is -2.39. The maximum absolute atomic E-state index is 13.2. The van der Waals surface area contributed by atoms with E-state index >= 15 is 0 Å². The molecule has 3 aromatic heterocycles. The zero-order valence-corrected chi connectivity index (χ0v) is 56.0. The lowest BCUT2D eigenvalue weighted by Crippen LogP contribution is -2.47. The summed E-state index contributed by atoms with van der Waals surface area (Å²) in [6.45, 7) is 3.63. The van der Waals surface area contributed by atoms with Crippen LogP contribution in [0.15, 0.2) is 176 Å². The first-order valence-electron chi connectivity index (χ1n) is 34.4. The number of pyridine rings is 3. The van der Waals surface area contributed by atoms with Crippen molar-refractivity contribution in [1.82, 2.24) is 39.9 Å². The number of carbonyl (C=O) groups is 2. The lowest BCUT2D eigenvalue weighted by atomic mass is 9.80. The molecule has 10 aliphatic rings. The number of aliphatic hydroxyl groups excluding tert-OH is 2. The first-order valence-corrected chi connectivity index (χ1v) is 35.5. The summed E-state index contributed by atoms with van der Waals surface area (Å²) in [6.07, 6.45) is 27.3. The van der Waals surface area contributed by atoms with Gasteiger partial charge in [0.1, 0.15) is 27.3 Å². The van der Waals surface area contributed by atoms with Crippen LogP contribution in [0, 0.1) is 11.3 Å². The highest BCUT2D eigenvalue weighted by molar-refractivity contribution is 6.30. The van der Waals surface area contributed by atoms with Gasteiger partial charge in [0.25, 0.3) is 0 Å². The van der Waals surface area contributed by atoms with Crippen molar-refractivity contribution in [3.8, 4) is 6.07 Å². The van der Waals surface area contributed by atoms with Crippen LogP contribution in [0.25, 0.3) is 0 Å². The minimum Gasteiger partial charge on any atom is -0.386 e. The molecular weight excluding hydrogens is 1230 g/mol. The predicted molar refractivity (Wildman–Crippen MR) is 370 cm³/mol. The summed E-state index contributed by atoms with van der Waals surface area (Å²) in [5.74, 6) is 0.206. The number of aliphatic hydroxyl groups is 2. The van der Waals surface area contributed by atoms with Crippen LogP contribution in [-0.4, -0.2) is 115 Å². The fourth-order valence-electron chi connectivity index (χ4n) is 18.3. The Morgan fingerprint density at radius 3 is 1.34 bits per heavy atom. The number of ketones is 1. The molecule has 3 N–H and O–H groups in total. The van der Waals surface area contributed by atoms with Crippen molar-refractivity contribution >= 4 is 46.9 Å². The minimum atomic E-state index is -0.511. The van der Waals surface area contributed by atoms with Crippen LogP contribution in [0.2, 0.25) is 15.5 Å². The summed E-state index contributed by atoms with van der Waals surface area (Å²) in [5, 5.41) is 35.9. The average molecular weight is 1320 g/mol. The maximum atomic E-state index is 13.2. The van der Waals surface area contributed by atoms with E-state index in [1.54, 1.807) is 42.9 Å². The van der Waals surface area contributed by atoms with E-state index in [2.05, 4.69) is 143 Å². The predicted octanol–water partition coefficient (Wildman–Crippen LogP) is 15.2. The Bertz CT molecular complexity index is 3660. The minimum absolute atomic E-state index is 0.111. The SMILES string of the molecule is N#CC12CCC(CC1)N2Cc1ccccc1.O=C(c1ccc(Cl)nc1)C12CCC(CC1)N2Cc1ccccc1.O=CC12CCC(CC1)N2Cc1ccccc1.OC(c1ccc(Cl)nc1)C12CCC(CC1)N2.OC(c1ccc(Cl)nc1)C12CCC(CC1)N2Cc1ccccc1. The highest BCUT2D eigenvalue weighted by Gasteiger charge is 2.58. The molecule has 7 aromatic rings. The van der Waals surface area contributed by atoms with Gasteiger partial charge in [0.15, 0.2) is 5.78 Å².